The van der Waals surface area contributed by atoms with Crippen molar-refractivity contribution in [3.05, 3.63) is 42.0 Å². The molecule has 0 aliphatic rings. The fourth-order valence-corrected chi connectivity index (χ4v) is 3.66. The van der Waals surface area contributed by atoms with Crippen molar-refractivity contribution in [2.75, 3.05) is 21.3 Å². The summed E-state index contributed by atoms with van der Waals surface area (Å²) < 4.78 is 16.2. The van der Waals surface area contributed by atoms with E-state index in [1.165, 1.54) is 5.56 Å². The fraction of sp³-hybridized carbons (Fsp3) is 0.429. The van der Waals surface area contributed by atoms with Crippen LogP contribution in [0.1, 0.15) is 17.5 Å². The number of benzene rings is 1. The van der Waals surface area contributed by atoms with Gasteiger partial charge in [-0.2, -0.15) is 0 Å². The summed E-state index contributed by atoms with van der Waals surface area (Å²) in [4.78, 5) is 0. The van der Waals surface area contributed by atoms with Gasteiger partial charge in [0.05, 0.1) is 0 Å². The molecule has 0 aliphatic carbocycles. The molecule has 0 saturated heterocycles. The average molecular weight is 266 g/mol. The Morgan fingerprint density at radius 1 is 1.17 bits per heavy atom. The molecule has 1 rings (SSSR count). The summed E-state index contributed by atoms with van der Waals surface area (Å²) in [5.74, 6) is 0. The van der Waals surface area contributed by atoms with Gasteiger partial charge in [0.1, 0.15) is 0 Å². The van der Waals surface area contributed by atoms with Crippen LogP contribution in [0.15, 0.2) is 30.8 Å². The molecule has 0 radical (unpaired) electrons. The Morgan fingerprint density at radius 3 is 2.39 bits per heavy atom. The lowest BCUT2D eigenvalue weighted by molar-refractivity contribution is 0.123. The lowest BCUT2D eigenvalue weighted by atomic mass is 10.1. The topological polar surface area (TPSA) is 27.7 Å². The van der Waals surface area contributed by atoms with Crippen molar-refractivity contribution < 1.29 is 13.3 Å². The van der Waals surface area contributed by atoms with Crippen molar-refractivity contribution in [3.8, 4) is 0 Å². The summed E-state index contributed by atoms with van der Waals surface area (Å²) in [6.45, 7) is 3.78. The molecular weight excluding hydrogens is 244 g/mol. The van der Waals surface area contributed by atoms with Gasteiger partial charge >= 0.3 is 8.80 Å². The summed E-state index contributed by atoms with van der Waals surface area (Å²) in [6.07, 6.45) is 3.84. The number of rotatable bonds is 8. The summed E-state index contributed by atoms with van der Waals surface area (Å²) in [6, 6.07) is 9.22. The van der Waals surface area contributed by atoms with Gasteiger partial charge in [0.2, 0.25) is 0 Å². The second kappa shape index (κ2) is 7.48. The van der Waals surface area contributed by atoms with Crippen LogP contribution in [0, 0.1) is 0 Å². The first-order valence-electron chi connectivity index (χ1n) is 6.06. The first-order chi connectivity index (χ1) is 8.69. The Labute approximate surface area is 111 Å². The van der Waals surface area contributed by atoms with Crippen molar-refractivity contribution in [1.29, 1.82) is 0 Å². The van der Waals surface area contributed by atoms with Gasteiger partial charge in [-0.1, -0.05) is 36.9 Å². The van der Waals surface area contributed by atoms with E-state index in [1.54, 1.807) is 21.3 Å². The molecule has 0 heterocycles. The molecule has 100 valence electrons. The first kappa shape index (κ1) is 15.1. The van der Waals surface area contributed by atoms with E-state index in [0.717, 1.165) is 24.4 Å². The SMILES string of the molecule is C=Cc1cccc(CCC[Si](OC)(OC)OC)c1. The minimum Gasteiger partial charge on any atom is -0.377 e. The van der Waals surface area contributed by atoms with Gasteiger partial charge in [-0.25, -0.2) is 0 Å². The van der Waals surface area contributed by atoms with Crippen LogP contribution in [-0.4, -0.2) is 30.1 Å². The van der Waals surface area contributed by atoms with Crippen LogP contribution in [0.3, 0.4) is 0 Å². The maximum absolute atomic E-state index is 5.40. The maximum atomic E-state index is 5.40. The van der Waals surface area contributed by atoms with Crippen LogP contribution in [0.4, 0.5) is 0 Å². The molecule has 0 aliphatic heterocycles. The Hall–Kier alpha value is -0.943. The Bertz CT molecular complexity index is 367. The second-order valence-electron chi connectivity index (χ2n) is 4.10. The average Bonchev–Trinajstić information content (AvgIpc) is 2.44. The molecule has 0 fully saturated rings. The van der Waals surface area contributed by atoms with Crippen molar-refractivity contribution in [1.82, 2.24) is 0 Å². The molecule has 0 aromatic heterocycles. The highest BCUT2D eigenvalue weighted by molar-refractivity contribution is 6.60. The number of hydrogen-bond donors (Lipinski definition) is 0. The molecule has 4 heteroatoms. The molecule has 1 aromatic carbocycles. The Kier molecular flexibility index (Phi) is 6.28. The quantitative estimate of drug-likeness (QED) is 0.677. The summed E-state index contributed by atoms with van der Waals surface area (Å²) in [7, 11) is 2.54. The minimum absolute atomic E-state index is 0.828. The van der Waals surface area contributed by atoms with Crippen molar-refractivity contribution in [2.24, 2.45) is 0 Å². The third kappa shape index (κ3) is 4.06. The molecule has 0 bridgehead atoms. The fourth-order valence-electron chi connectivity index (χ4n) is 1.94. The predicted molar refractivity (Wildman–Crippen MR) is 76.4 cm³/mol. The van der Waals surface area contributed by atoms with Gasteiger partial charge in [0.15, 0.2) is 0 Å². The maximum Gasteiger partial charge on any atom is 0.500 e. The van der Waals surface area contributed by atoms with E-state index >= 15 is 0 Å². The third-order valence-electron chi connectivity index (χ3n) is 3.07. The zero-order valence-electron chi connectivity index (χ0n) is 11.4. The van der Waals surface area contributed by atoms with Crippen LogP contribution < -0.4 is 0 Å². The summed E-state index contributed by atoms with van der Waals surface area (Å²) in [5.41, 5.74) is 2.46. The highest BCUT2D eigenvalue weighted by atomic mass is 28.4. The van der Waals surface area contributed by atoms with E-state index in [2.05, 4.69) is 30.8 Å². The molecule has 0 amide bonds. The van der Waals surface area contributed by atoms with Crippen LogP contribution in [-0.2, 0) is 19.7 Å². The molecule has 0 saturated carbocycles. The molecular formula is C14H22O3Si. The van der Waals surface area contributed by atoms with Crippen LogP contribution >= 0.6 is 0 Å². The zero-order chi connectivity index (χ0) is 13.4. The molecule has 0 unspecified atom stereocenters. The van der Waals surface area contributed by atoms with Crippen molar-refractivity contribution in [2.45, 2.75) is 18.9 Å². The molecule has 1 aromatic rings. The second-order valence-corrected chi connectivity index (χ2v) is 7.19. The van der Waals surface area contributed by atoms with E-state index in [4.69, 9.17) is 13.3 Å². The summed E-state index contributed by atoms with van der Waals surface area (Å²) >= 11 is 0. The summed E-state index contributed by atoms with van der Waals surface area (Å²) in [5, 5.41) is 0. The van der Waals surface area contributed by atoms with E-state index < -0.39 is 8.80 Å². The third-order valence-corrected chi connectivity index (χ3v) is 5.90. The number of hydrogen-bond acceptors (Lipinski definition) is 3. The molecule has 0 N–H and O–H groups in total. The number of aryl methyl sites for hydroxylation is 1. The standard InChI is InChI=1S/C14H22O3Si/c1-5-13-8-6-9-14(12-13)10-7-11-18(15-2,16-3)17-4/h5-6,8-9,12H,1,7,10-11H2,2-4H3. The molecule has 3 nitrogen and oxygen atoms in total. The van der Waals surface area contributed by atoms with E-state index in [-0.39, 0.29) is 0 Å². The smallest absolute Gasteiger partial charge is 0.377 e. The molecule has 0 spiro atoms. The monoisotopic (exact) mass is 266 g/mol. The highest BCUT2D eigenvalue weighted by Gasteiger charge is 2.36. The lowest BCUT2D eigenvalue weighted by Gasteiger charge is -2.24. The molecule has 18 heavy (non-hydrogen) atoms. The Morgan fingerprint density at radius 2 is 1.83 bits per heavy atom. The zero-order valence-corrected chi connectivity index (χ0v) is 12.4. The van der Waals surface area contributed by atoms with Crippen molar-refractivity contribution >= 4 is 14.9 Å². The minimum atomic E-state index is -2.41. The first-order valence-corrected chi connectivity index (χ1v) is 7.99. The van der Waals surface area contributed by atoms with Crippen LogP contribution in [0.2, 0.25) is 6.04 Å². The van der Waals surface area contributed by atoms with Gasteiger partial charge in [0, 0.05) is 27.4 Å². The Balaban J connectivity index is 2.52. The van der Waals surface area contributed by atoms with Crippen LogP contribution in [0.25, 0.3) is 6.08 Å². The van der Waals surface area contributed by atoms with Gasteiger partial charge < -0.3 is 13.3 Å². The van der Waals surface area contributed by atoms with Gasteiger partial charge in [-0.3, -0.25) is 0 Å². The van der Waals surface area contributed by atoms with Crippen molar-refractivity contribution in [3.63, 3.8) is 0 Å². The van der Waals surface area contributed by atoms with Gasteiger partial charge in [-0.15, -0.1) is 0 Å². The highest BCUT2D eigenvalue weighted by Crippen LogP contribution is 2.17. The van der Waals surface area contributed by atoms with Gasteiger partial charge in [0.25, 0.3) is 0 Å². The van der Waals surface area contributed by atoms with Gasteiger partial charge in [-0.05, 0) is 24.0 Å². The van der Waals surface area contributed by atoms with Crippen LogP contribution in [0.5, 0.6) is 0 Å². The van der Waals surface area contributed by atoms with E-state index in [0.29, 0.717) is 0 Å². The molecule has 0 atom stereocenters. The lowest BCUT2D eigenvalue weighted by Crippen LogP contribution is -2.42. The largest absolute Gasteiger partial charge is 0.500 e. The van der Waals surface area contributed by atoms with E-state index in [9.17, 15) is 0 Å². The predicted octanol–water partition coefficient (Wildman–Crippen LogP) is 3.14. The van der Waals surface area contributed by atoms with E-state index in [1.807, 2.05) is 6.08 Å². The normalized spacial score (nSPS) is 11.5.